The average molecular weight is 584 g/mol. The number of aliphatic hydroxyl groups excluding tert-OH is 1. The largest absolute Gasteiger partial charge is 0.490 e. The summed E-state index contributed by atoms with van der Waals surface area (Å²) in [6.07, 6.45) is -5.16. The number of rotatable bonds is 9. The summed E-state index contributed by atoms with van der Waals surface area (Å²) in [6.45, 7) is -1.77. The van der Waals surface area contributed by atoms with Gasteiger partial charge in [0.25, 0.3) is 5.56 Å². The molecule has 21 nitrogen and oxygen atoms in total. The van der Waals surface area contributed by atoms with Crippen LogP contribution in [-0.2, 0) is 31.6 Å². The number of halogens is 2. The molecule has 5 atom stereocenters. The summed E-state index contributed by atoms with van der Waals surface area (Å²) in [4.78, 5) is 59.1. The van der Waals surface area contributed by atoms with Crippen LogP contribution in [-0.4, -0.2) is 68.6 Å². The lowest BCUT2D eigenvalue weighted by atomic mass is 10.1. The van der Waals surface area contributed by atoms with Crippen LogP contribution >= 0.6 is 23.5 Å². The van der Waals surface area contributed by atoms with E-state index in [1.54, 1.807) is 0 Å². The zero-order valence-electron chi connectivity index (χ0n) is 16.8. The van der Waals surface area contributed by atoms with Gasteiger partial charge in [-0.1, -0.05) is 5.11 Å². The van der Waals surface area contributed by atoms with Crippen LogP contribution in [0.15, 0.2) is 16.2 Å². The number of ether oxygens (including phenoxy) is 1. The maximum atomic E-state index is 15.0. The molecule has 1 saturated heterocycles. The lowest BCUT2D eigenvalue weighted by Crippen LogP contribution is -2.47. The second-order valence-electron chi connectivity index (χ2n) is 6.72. The molecular weight excluding hydrogens is 571 g/mol. The molecule has 200 valence electrons. The molecule has 0 spiro atoms. The SMILES string of the molecule is [N-]=[N+]=N[C@]1(COP(=O)(O)OP(=O)(O)OP(=O)(O)O)OC(n2cnc3c(=O)[nH]c(N)nc32)C(F)(F)[C@@H]1O. The van der Waals surface area contributed by atoms with Crippen molar-refractivity contribution < 1.29 is 65.0 Å². The topological polar surface area (TPSA) is 328 Å². The zero-order chi connectivity index (χ0) is 27.3. The zero-order valence-corrected chi connectivity index (χ0v) is 19.5. The molecule has 0 bridgehead atoms. The first kappa shape index (κ1) is 28.2. The number of nitrogens with zero attached hydrogens (tertiary/aromatic N) is 6. The van der Waals surface area contributed by atoms with Gasteiger partial charge in [0.05, 0.1) is 12.9 Å². The van der Waals surface area contributed by atoms with Crippen LogP contribution in [0.5, 0.6) is 0 Å². The second-order valence-corrected chi connectivity index (χ2v) is 11.1. The van der Waals surface area contributed by atoms with Gasteiger partial charge in [0, 0.05) is 4.91 Å². The molecule has 8 N–H and O–H groups in total. The van der Waals surface area contributed by atoms with Gasteiger partial charge in [0.2, 0.25) is 17.9 Å². The highest BCUT2D eigenvalue weighted by Crippen LogP contribution is 2.66. The fourth-order valence-corrected chi connectivity index (χ4v) is 5.94. The molecule has 0 aliphatic carbocycles. The summed E-state index contributed by atoms with van der Waals surface area (Å²) in [5.74, 6) is -4.94. The number of hydrogen-bond donors (Lipinski definition) is 7. The van der Waals surface area contributed by atoms with Gasteiger partial charge < -0.3 is 35.2 Å². The first-order valence-corrected chi connectivity index (χ1v) is 13.2. The number of phosphoric ester groups is 1. The number of aromatic amines is 1. The van der Waals surface area contributed by atoms with Crippen LogP contribution in [0.25, 0.3) is 21.6 Å². The third kappa shape index (κ3) is 5.63. The maximum absolute atomic E-state index is 15.0. The Labute approximate surface area is 194 Å². The second kappa shape index (κ2) is 9.19. The number of anilines is 1. The predicted octanol–water partition coefficient (Wildman–Crippen LogP) is -0.423. The van der Waals surface area contributed by atoms with Crippen molar-refractivity contribution in [1.82, 2.24) is 19.5 Å². The summed E-state index contributed by atoms with van der Waals surface area (Å²) < 4.78 is 80.6. The van der Waals surface area contributed by atoms with Crippen LogP contribution in [0.3, 0.4) is 0 Å². The van der Waals surface area contributed by atoms with Gasteiger partial charge in [-0.2, -0.15) is 22.4 Å². The van der Waals surface area contributed by atoms with Gasteiger partial charge >= 0.3 is 29.4 Å². The van der Waals surface area contributed by atoms with Crippen LogP contribution in [0, 0.1) is 0 Å². The van der Waals surface area contributed by atoms with Gasteiger partial charge in [0.15, 0.2) is 17.3 Å². The molecule has 1 fully saturated rings. The van der Waals surface area contributed by atoms with E-state index < -0.39 is 76.7 Å². The van der Waals surface area contributed by atoms with Crippen LogP contribution < -0.4 is 11.3 Å². The van der Waals surface area contributed by atoms with E-state index in [1.807, 2.05) is 4.98 Å². The highest BCUT2D eigenvalue weighted by atomic mass is 31.3. The molecule has 2 aromatic heterocycles. The Hall–Kier alpha value is -2.35. The van der Waals surface area contributed by atoms with Crippen LogP contribution in [0.4, 0.5) is 14.7 Å². The number of alkyl halides is 2. The molecule has 0 amide bonds. The molecule has 26 heteroatoms. The number of nitrogens with two attached hydrogens (primary N) is 1. The Morgan fingerprint density at radius 3 is 2.50 bits per heavy atom. The number of aromatic nitrogens is 4. The van der Waals surface area contributed by atoms with Crippen molar-refractivity contribution in [2.24, 2.45) is 5.11 Å². The summed E-state index contributed by atoms with van der Waals surface area (Å²) >= 11 is 0. The number of nitrogens with one attached hydrogen (secondary N) is 1. The Morgan fingerprint density at radius 1 is 1.28 bits per heavy atom. The molecule has 3 rings (SSSR count). The molecule has 0 saturated carbocycles. The van der Waals surface area contributed by atoms with Crippen molar-refractivity contribution in [2.45, 2.75) is 24.0 Å². The van der Waals surface area contributed by atoms with Gasteiger partial charge in [-0.15, -0.1) is 0 Å². The highest BCUT2D eigenvalue weighted by molar-refractivity contribution is 7.66. The number of hydrogen-bond acceptors (Lipinski definition) is 13. The van der Waals surface area contributed by atoms with Crippen molar-refractivity contribution in [2.75, 3.05) is 12.3 Å². The van der Waals surface area contributed by atoms with E-state index in [0.29, 0.717) is 10.9 Å². The number of phosphoric acid groups is 3. The van der Waals surface area contributed by atoms with Gasteiger partial charge in [-0.25, -0.2) is 18.7 Å². The third-order valence-corrected chi connectivity index (χ3v) is 7.99. The van der Waals surface area contributed by atoms with Crippen molar-refractivity contribution >= 4 is 40.6 Å². The number of H-pyrrole nitrogens is 1. The first-order chi connectivity index (χ1) is 16.3. The average Bonchev–Trinajstić information content (AvgIpc) is 3.17. The molecule has 2 aromatic rings. The minimum absolute atomic E-state index is 0.420. The van der Waals surface area contributed by atoms with E-state index in [2.05, 4.69) is 33.1 Å². The quantitative estimate of drug-likeness (QED) is 0.0851. The Balaban J connectivity index is 1.95. The lowest BCUT2D eigenvalue weighted by molar-refractivity contribution is -0.141. The summed E-state index contributed by atoms with van der Waals surface area (Å²) in [6, 6.07) is 0. The number of fused-ring (bicyclic) bond motifs is 1. The van der Waals surface area contributed by atoms with Crippen molar-refractivity contribution in [3.05, 3.63) is 27.1 Å². The molecule has 1 aliphatic rings. The van der Waals surface area contributed by atoms with E-state index in [4.69, 9.17) is 30.7 Å². The smallest absolute Gasteiger partial charge is 0.383 e. The number of azide groups is 1. The van der Waals surface area contributed by atoms with Crippen molar-refractivity contribution in [3.8, 4) is 0 Å². The molecule has 3 unspecified atom stereocenters. The monoisotopic (exact) mass is 584 g/mol. The number of imidazole rings is 1. The summed E-state index contributed by atoms with van der Waals surface area (Å²) in [5, 5.41) is 13.1. The Kier molecular flexibility index (Phi) is 7.21. The van der Waals surface area contributed by atoms with E-state index in [9.17, 15) is 28.5 Å². The van der Waals surface area contributed by atoms with E-state index in [-0.39, 0.29) is 0 Å². The van der Waals surface area contributed by atoms with Crippen molar-refractivity contribution in [1.29, 1.82) is 0 Å². The van der Waals surface area contributed by atoms with E-state index >= 15 is 8.78 Å². The van der Waals surface area contributed by atoms with Gasteiger partial charge in [-0.3, -0.25) is 18.9 Å². The maximum Gasteiger partial charge on any atom is 0.490 e. The van der Waals surface area contributed by atoms with Gasteiger partial charge in [0.1, 0.15) is 0 Å². The minimum Gasteiger partial charge on any atom is -0.383 e. The Bertz CT molecular complexity index is 1440. The molecular formula is C10H13F2N8O13P3. The normalized spacial score (nSPS) is 27.3. The fourth-order valence-electron chi connectivity index (χ4n) is 2.90. The molecule has 1 aliphatic heterocycles. The summed E-state index contributed by atoms with van der Waals surface area (Å²) in [7, 11) is -17.6. The molecule has 0 aromatic carbocycles. The fraction of sp³-hybridized carbons (Fsp3) is 0.500. The predicted molar refractivity (Wildman–Crippen MR) is 105 cm³/mol. The standard InChI is InChI=1S/C10H13F2N8O13P3/c11-10(12)6(22)9(18-19-14,1-30-35(26,27)33-36(28,29)32-34(23,24)25)31-7(10)20-2-15-3-4(20)16-8(13)17-5(3)21/h2,6-7,22H,1H2,(H,26,27)(H,28,29)(H2,23,24,25)(H3,13,16,17,21)/t6-,7?,9-/m1/s1. The minimum atomic E-state index is -5.98. The number of aliphatic hydroxyl groups is 1. The summed E-state index contributed by atoms with van der Waals surface area (Å²) in [5.41, 5.74) is 8.95. The first-order valence-electron chi connectivity index (χ1n) is 8.63. The molecule has 0 radical (unpaired) electrons. The van der Waals surface area contributed by atoms with E-state index in [1.165, 1.54) is 0 Å². The molecule has 36 heavy (non-hydrogen) atoms. The lowest BCUT2D eigenvalue weighted by Gasteiger charge is -2.27. The van der Waals surface area contributed by atoms with Crippen LogP contribution in [0.1, 0.15) is 6.23 Å². The highest BCUT2D eigenvalue weighted by Gasteiger charge is 2.68. The van der Waals surface area contributed by atoms with E-state index in [0.717, 1.165) is 0 Å². The third-order valence-electron chi connectivity index (χ3n) is 4.20. The van der Waals surface area contributed by atoms with Crippen LogP contribution in [0.2, 0.25) is 0 Å². The van der Waals surface area contributed by atoms with Gasteiger partial charge in [-0.05, 0) is 5.53 Å². The number of nitrogen functional groups attached to an aromatic ring is 1. The van der Waals surface area contributed by atoms with Crippen molar-refractivity contribution in [3.63, 3.8) is 0 Å². The Morgan fingerprint density at radius 2 is 1.92 bits per heavy atom. The molecule has 3 heterocycles.